The molecule has 0 spiro atoms. The molecule has 1 aliphatic rings. The Balaban J connectivity index is 2.41. The van der Waals surface area contributed by atoms with E-state index in [1.54, 1.807) is 0 Å². The Morgan fingerprint density at radius 3 is 2.89 bits per heavy atom. The molecule has 0 radical (unpaired) electrons. The van der Waals surface area contributed by atoms with Crippen LogP contribution in [0.25, 0.3) is 0 Å². The molecule has 0 aliphatic carbocycles. The Morgan fingerprint density at radius 2 is 2.33 bits per heavy atom. The van der Waals surface area contributed by atoms with Gasteiger partial charge < -0.3 is 9.64 Å². The van der Waals surface area contributed by atoms with Crippen molar-refractivity contribution in [3.8, 4) is 0 Å². The van der Waals surface area contributed by atoms with Crippen molar-refractivity contribution in [3.63, 3.8) is 0 Å². The fourth-order valence-corrected chi connectivity index (χ4v) is 1.96. The second-order valence-corrected chi connectivity index (χ2v) is 4.20. The third kappa shape index (κ3) is 2.19. The number of hydrogen-bond donors (Lipinski definition) is 1. The lowest BCUT2D eigenvalue weighted by Gasteiger charge is -2.33. The lowest BCUT2D eigenvalue weighted by Crippen LogP contribution is -2.45. The molecule has 0 amide bonds. The molecule has 98 valence electrons. The molecule has 1 N–H and O–H groups in total. The fraction of sp³-hybridized carbons (Fsp3) is 0.600. The molecule has 0 bridgehead atoms. The first-order valence-corrected chi connectivity index (χ1v) is 5.60. The number of aromatic amines is 1. The Labute approximate surface area is 103 Å². The lowest BCUT2D eigenvalue weighted by atomic mass is 10.2. The highest BCUT2D eigenvalue weighted by molar-refractivity contribution is 5.40. The van der Waals surface area contributed by atoms with E-state index in [-0.39, 0.29) is 11.7 Å². The maximum atomic E-state index is 11.7. The van der Waals surface area contributed by atoms with E-state index in [2.05, 4.69) is 9.97 Å². The molecule has 18 heavy (non-hydrogen) atoms. The van der Waals surface area contributed by atoms with Gasteiger partial charge in [-0.3, -0.25) is 19.9 Å². The molecule has 0 aromatic carbocycles. The number of ether oxygens (including phenoxy) is 1. The van der Waals surface area contributed by atoms with Gasteiger partial charge in [0.25, 0.3) is 0 Å². The standard InChI is InChI=1S/C10H14N4O4/c1-6-5-18-4-3-13(6)10-11-7(2)8(14(16)17)9(15)12-10/h6H,3-5H2,1-2H3,(H,11,12,15). The maximum absolute atomic E-state index is 11.7. The largest absolute Gasteiger partial charge is 0.377 e. The molecule has 1 aromatic rings. The minimum Gasteiger partial charge on any atom is -0.377 e. The summed E-state index contributed by atoms with van der Waals surface area (Å²) in [5.41, 5.74) is -1.10. The Hall–Kier alpha value is -1.96. The first-order valence-electron chi connectivity index (χ1n) is 5.60. The average molecular weight is 254 g/mol. The van der Waals surface area contributed by atoms with Crippen molar-refractivity contribution in [2.75, 3.05) is 24.7 Å². The number of nitrogens with zero attached hydrogens (tertiary/aromatic N) is 3. The highest BCUT2D eigenvalue weighted by Gasteiger charge is 2.25. The van der Waals surface area contributed by atoms with Crippen molar-refractivity contribution in [2.24, 2.45) is 0 Å². The van der Waals surface area contributed by atoms with Gasteiger partial charge in [-0.2, -0.15) is 0 Å². The molecule has 1 aromatic heterocycles. The van der Waals surface area contributed by atoms with Gasteiger partial charge in [-0.25, -0.2) is 4.98 Å². The second-order valence-electron chi connectivity index (χ2n) is 4.20. The summed E-state index contributed by atoms with van der Waals surface area (Å²) in [7, 11) is 0. The molecule has 1 aliphatic heterocycles. The van der Waals surface area contributed by atoms with Crippen LogP contribution in [0, 0.1) is 17.0 Å². The first-order chi connectivity index (χ1) is 8.50. The van der Waals surface area contributed by atoms with Gasteiger partial charge in [0.1, 0.15) is 5.69 Å². The van der Waals surface area contributed by atoms with Crippen LogP contribution in [-0.2, 0) is 4.74 Å². The van der Waals surface area contributed by atoms with Crippen LogP contribution in [0.4, 0.5) is 11.6 Å². The topological polar surface area (TPSA) is 101 Å². The maximum Gasteiger partial charge on any atom is 0.354 e. The number of H-pyrrole nitrogens is 1. The average Bonchev–Trinajstić information content (AvgIpc) is 2.27. The zero-order valence-electron chi connectivity index (χ0n) is 10.2. The molecule has 0 saturated carbocycles. The van der Waals surface area contributed by atoms with Crippen LogP contribution in [0.5, 0.6) is 0 Å². The van der Waals surface area contributed by atoms with Crippen LogP contribution < -0.4 is 10.5 Å². The number of aryl methyl sites for hydroxylation is 1. The fourth-order valence-electron chi connectivity index (χ4n) is 1.96. The highest BCUT2D eigenvalue weighted by atomic mass is 16.6. The SMILES string of the molecule is Cc1nc(N2CCOCC2C)[nH]c(=O)c1[N+](=O)[O-]. The van der Waals surface area contributed by atoms with E-state index >= 15 is 0 Å². The molecule has 1 atom stereocenters. The first kappa shape index (κ1) is 12.5. The normalized spacial score (nSPS) is 19.9. The molecule has 8 nitrogen and oxygen atoms in total. The third-order valence-corrected chi connectivity index (χ3v) is 2.88. The van der Waals surface area contributed by atoms with Gasteiger partial charge in [0.05, 0.1) is 24.2 Å². The van der Waals surface area contributed by atoms with Gasteiger partial charge in [-0.15, -0.1) is 0 Å². The van der Waals surface area contributed by atoms with E-state index in [1.807, 2.05) is 11.8 Å². The summed E-state index contributed by atoms with van der Waals surface area (Å²) in [6.45, 7) is 5.09. The van der Waals surface area contributed by atoms with E-state index in [0.29, 0.717) is 25.7 Å². The Bertz CT molecular complexity index is 527. The third-order valence-electron chi connectivity index (χ3n) is 2.88. The van der Waals surface area contributed by atoms with E-state index in [0.717, 1.165) is 0 Å². The van der Waals surface area contributed by atoms with Gasteiger partial charge in [-0.1, -0.05) is 0 Å². The van der Waals surface area contributed by atoms with Gasteiger partial charge in [0.2, 0.25) is 5.95 Å². The number of rotatable bonds is 2. The molecule has 8 heteroatoms. The number of anilines is 1. The van der Waals surface area contributed by atoms with Crippen molar-refractivity contribution in [1.82, 2.24) is 9.97 Å². The quantitative estimate of drug-likeness (QED) is 0.598. The number of hydrogen-bond acceptors (Lipinski definition) is 6. The Morgan fingerprint density at radius 1 is 1.61 bits per heavy atom. The zero-order valence-corrected chi connectivity index (χ0v) is 10.2. The summed E-state index contributed by atoms with van der Waals surface area (Å²) in [5.74, 6) is 0.360. The Kier molecular flexibility index (Phi) is 3.28. The predicted molar refractivity (Wildman–Crippen MR) is 63.9 cm³/mol. The number of nitro groups is 1. The van der Waals surface area contributed by atoms with Crippen molar-refractivity contribution < 1.29 is 9.66 Å². The number of morpholine rings is 1. The minimum absolute atomic E-state index is 0.0720. The van der Waals surface area contributed by atoms with Crippen LogP contribution in [0.1, 0.15) is 12.6 Å². The van der Waals surface area contributed by atoms with Crippen molar-refractivity contribution in [3.05, 3.63) is 26.2 Å². The molecule has 2 heterocycles. The monoisotopic (exact) mass is 254 g/mol. The van der Waals surface area contributed by atoms with Crippen LogP contribution in [0.2, 0.25) is 0 Å². The van der Waals surface area contributed by atoms with Gasteiger partial charge >= 0.3 is 11.2 Å². The molecule has 1 unspecified atom stereocenters. The van der Waals surface area contributed by atoms with Crippen molar-refractivity contribution in [1.29, 1.82) is 0 Å². The second kappa shape index (κ2) is 4.73. The van der Waals surface area contributed by atoms with Gasteiger partial charge in [-0.05, 0) is 13.8 Å². The highest BCUT2D eigenvalue weighted by Crippen LogP contribution is 2.17. The molecule has 1 saturated heterocycles. The molecule has 2 rings (SSSR count). The van der Waals surface area contributed by atoms with E-state index in [4.69, 9.17) is 4.74 Å². The summed E-state index contributed by atoms with van der Waals surface area (Å²) in [6.07, 6.45) is 0. The molecular formula is C10H14N4O4. The van der Waals surface area contributed by atoms with Crippen molar-refractivity contribution in [2.45, 2.75) is 19.9 Å². The van der Waals surface area contributed by atoms with Crippen LogP contribution in [0.15, 0.2) is 4.79 Å². The van der Waals surface area contributed by atoms with Gasteiger partial charge in [0, 0.05) is 6.54 Å². The molecule has 1 fully saturated rings. The van der Waals surface area contributed by atoms with E-state index < -0.39 is 16.2 Å². The van der Waals surface area contributed by atoms with Crippen LogP contribution in [-0.4, -0.2) is 40.7 Å². The number of nitrogens with one attached hydrogen (secondary N) is 1. The van der Waals surface area contributed by atoms with Gasteiger partial charge in [0.15, 0.2) is 0 Å². The zero-order chi connectivity index (χ0) is 13.3. The minimum atomic E-state index is -0.721. The smallest absolute Gasteiger partial charge is 0.354 e. The lowest BCUT2D eigenvalue weighted by molar-refractivity contribution is -0.387. The summed E-state index contributed by atoms with van der Waals surface area (Å²) < 4.78 is 5.29. The summed E-state index contributed by atoms with van der Waals surface area (Å²) in [5, 5.41) is 10.7. The van der Waals surface area contributed by atoms with Crippen LogP contribution in [0.3, 0.4) is 0 Å². The summed E-state index contributed by atoms with van der Waals surface area (Å²) in [6, 6.07) is 0.0720. The van der Waals surface area contributed by atoms with Crippen LogP contribution >= 0.6 is 0 Å². The predicted octanol–water partition coefficient (Wildman–Crippen LogP) is 0.212. The summed E-state index contributed by atoms with van der Waals surface area (Å²) in [4.78, 5) is 30.1. The summed E-state index contributed by atoms with van der Waals surface area (Å²) >= 11 is 0. The molecular weight excluding hydrogens is 240 g/mol. The van der Waals surface area contributed by atoms with Crippen molar-refractivity contribution >= 4 is 11.6 Å². The van der Waals surface area contributed by atoms with E-state index in [9.17, 15) is 14.9 Å². The van der Waals surface area contributed by atoms with E-state index in [1.165, 1.54) is 6.92 Å². The number of aromatic nitrogens is 2.